The first-order valence-electron chi connectivity index (χ1n) is 14.5. The van der Waals surface area contributed by atoms with E-state index in [0.717, 1.165) is 12.0 Å². The van der Waals surface area contributed by atoms with Crippen molar-refractivity contribution in [1.29, 1.82) is 0 Å². The van der Waals surface area contributed by atoms with Gasteiger partial charge in [0, 0.05) is 5.70 Å². The fraction of sp³-hybridized carbons (Fsp3) is 0.0732. The zero-order valence-corrected chi connectivity index (χ0v) is 24.0. The second-order valence-corrected chi connectivity index (χ2v) is 10.8. The van der Waals surface area contributed by atoms with Crippen LogP contribution in [0.15, 0.2) is 176 Å². The van der Waals surface area contributed by atoms with E-state index >= 15 is 0 Å². The minimum Gasteiger partial charge on any atom is -0.398 e. The van der Waals surface area contributed by atoms with E-state index in [-0.39, 0.29) is 0 Å². The van der Waals surface area contributed by atoms with E-state index in [1.54, 1.807) is 0 Å². The van der Waals surface area contributed by atoms with Crippen LogP contribution in [0.25, 0.3) is 22.3 Å². The summed E-state index contributed by atoms with van der Waals surface area (Å²) in [5, 5.41) is 0. The molecule has 0 radical (unpaired) electrons. The Morgan fingerprint density at radius 2 is 1.26 bits per heavy atom. The number of nitrogens with two attached hydrogens (primary N) is 1. The third-order valence-corrected chi connectivity index (χ3v) is 8.23. The van der Waals surface area contributed by atoms with Crippen LogP contribution in [0.4, 0.5) is 0 Å². The van der Waals surface area contributed by atoms with E-state index in [2.05, 4.69) is 140 Å². The smallest absolute Gasteiger partial charge is 0.0713 e. The second-order valence-electron chi connectivity index (χ2n) is 10.8. The van der Waals surface area contributed by atoms with Crippen molar-refractivity contribution in [3.8, 4) is 22.3 Å². The minimum absolute atomic E-state index is 0.402. The largest absolute Gasteiger partial charge is 0.398 e. The van der Waals surface area contributed by atoms with Crippen LogP contribution in [0, 0.1) is 0 Å². The Labute approximate surface area is 249 Å². The maximum Gasteiger partial charge on any atom is 0.0713 e. The molecule has 0 spiro atoms. The number of hydrogen-bond donors (Lipinski definition) is 1. The third kappa shape index (κ3) is 4.84. The summed E-state index contributed by atoms with van der Waals surface area (Å²) in [6.45, 7) is 5.99. The van der Waals surface area contributed by atoms with Crippen molar-refractivity contribution in [1.82, 2.24) is 0 Å². The molecule has 0 saturated carbocycles. The molecule has 204 valence electrons. The molecule has 0 bridgehead atoms. The summed E-state index contributed by atoms with van der Waals surface area (Å²) in [5.74, 6) is 0. The van der Waals surface area contributed by atoms with Gasteiger partial charge in [0.05, 0.1) is 5.41 Å². The van der Waals surface area contributed by atoms with Gasteiger partial charge in [0.25, 0.3) is 0 Å². The van der Waals surface area contributed by atoms with Gasteiger partial charge in [-0.3, -0.25) is 0 Å². The SMILES string of the molecule is C=C(/C=C\C)/C(N)=C/C=C\Cc1ccc2c(c1)-c1cc(-c3ccccc3)ccc1C2(c1ccccc1)c1ccccc1. The summed E-state index contributed by atoms with van der Waals surface area (Å²) in [4.78, 5) is 0. The zero-order chi connectivity index (χ0) is 28.9. The van der Waals surface area contributed by atoms with Gasteiger partial charge in [-0.2, -0.15) is 0 Å². The number of hydrogen-bond acceptors (Lipinski definition) is 1. The van der Waals surface area contributed by atoms with Crippen molar-refractivity contribution in [2.75, 3.05) is 0 Å². The highest BCUT2D eigenvalue weighted by molar-refractivity contribution is 5.89. The average Bonchev–Trinajstić information content (AvgIpc) is 3.34. The Balaban J connectivity index is 1.51. The molecule has 1 nitrogen and oxygen atoms in total. The molecule has 0 aliphatic heterocycles. The molecule has 0 aromatic heterocycles. The van der Waals surface area contributed by atoms with Gasteiger partial charge in [-0.25, -0.2) is 0 Å². The highest BCUT2D eigenvalue weighted by Gasteiger charge is 2.46. The first-order chi connectivity index (χ1) is 20.6. The van der Waals surface area contributed by atoms with Crippen LogP contribution < -0.4 is 5.73 Å². The van der Waals surface area contributed by atoms with Crippen LogP contribution in [0.1, 0.15) is 34.7 Å². The summed E-state index contributed by atoms with van der Waals surface area (Å²) in [6, 6.07) is 46.6. The predicted octanol–water partition coefficient (Wildman–Crippen LogP) is 9.79. The standard InChI is InChI=1S/C41H35N/c1-3-15-30(2)40(42)23-14-13-16-31-24-26-38-36(28-31)37-29-33(32-17-7-4-8-18-32)25-27-39(37)41(38,34-19-9-5-10-20-34)35-21-11-6-12-22-35/h3-15,17-29H,2,16,42H2,1H3/b14-13-,15-3-,40-23-. The Hall–Kier alpha value is -5.14. The molecule has 2 N–H and O–H groups in total. The van der Waals surface area contributed by atoms with Crippen molar-refractivity contribution < 1.29 is 0 Å². The highest BCUT2D eigenvalue weighted by Crippen LogP contribution is 2.56. The fourth-order valence-electron chi connectivity index (χ4n) is 6.26. The summed E-state index contributed by atoms with van der Waals surface area (Å²) in [6.07, 6.45) is 10.8. The molecule has 1 heteroatoms. The van der Waals surface area contributed by atoms with Gasteiger partial charge in [-0.05, 0) is 81.1 Å². The van der Waals surface area contributed by atoms with Crippen LogP contribution >= 0.6 is 0 Å². The maximum absolute atomic E-state index is 6.17. The minimum atomic E-state index is -0.402. The van der Waals surface area contributed by atoms with Crippen LogP contribution in [-0.2, 0) is 11.8 Å². The lowest BCUT2D eigenvalue weighted by molar-refractivity contribution is 0.768. The van der Waals surface area contributed by atoms with Crippen LogP contribution in [0.5, 0.6) is 0 Å². The number of rotatable bonds is 8. The first kappa shape index (κ1) is 27.1. The first-order valence-corrected chi connectivity index (χ1v) is 14.5. The van der Waals surface area contributed by atoms with E-state index in [9.17, 15) is 0 Å². The zero-order valence-electron chi connectivity index (χ0n) is 24.0. The van der Waals surface area contributed by atoms with E-state index in [0.29, 0.717) is 5.70 Å². The summed E-state index contributed by atoms with van der Waals surface area (Å²) in [7, 11) is 0. The van der Waals surface area contributed by atoms with Crippen molar-refractivity contribution in [3.05, 3.63) is 203 Å². The van der Waals surface area contributed by atoms with Crippen LogP contribution in [-0.4, -0.2) is 0 Å². The fourth-order valence-corrected chi connectivity index (χ4v) is 6.26. The molecule has 0 atom stereocenters. The second kappa shape index (κ2) is 11.8. The van der Waals surface area contributed by atoms with Gasteiger partial charge in [0.1, 0.15) is 0 Å². The topological polar surface area (TPSA) is 26.0 Å². The molecule has 0 heterocycles. The monoisotopic (exact) mass is 541 g/mol. The molecule has 0 amide bonds. The lowest BCUT2D eigenvalue weighted by atomic mass is 9.67. The van der Waals surface area contributed by atoms with Gasteiger partial charge in [0.15, 0.2) is 0 Å². The molecule has 5 aromatic carbocycles. The Bertz CT molecular complexity index is 1770. The van der Waals surface area contributed by atoms with Gasteiger partial charge in [-0.15, -0.1) is 0 Å². The lowest BCUT2D eigenvalue weighted by Gasteiger charge is -2.34. The third-order valence-electron chi connectivity index (χ3n) is 8.23. The van der Waals surface area contributed by atoms with Gasteiger partial charge in [-0.1, -0.05) is 152 Å². The Morgan fingerprint density at radius 3 is 1.88 bits per heavy atom. The molecule has 6 rings (SSSR count). The molecule has 0 unspecified atom stereocenters. The van der Waals surface area contributed by atoms with Crippen molar-refractivity contribution >= 4 is 0 Å². The average molecular weight is 542 g/mol. The van der Waals surface area contributed by atoms with Gasteiger partial charge in [0.2, 0.25) is 0 Å². The quantitative estimate of drug-likeness (QED) is 0.191. The summed E-state index contributed by atoms with van der Waals surface area (Å²) >= 11 is 0. The van der Waals surface area contributed by atoms with Crippen molar-refractivity contribution in [2.45, 2.75) is 18.8 Å². The number of benzene rings is 5. The summed E-state index contributed by atoms with van der Waals surface area (Å²) in [5.41, 5.74) is 18.8. The molecule has 0 fully saturated rings. The molecule has 1 aliphatic rings. The van der Waals surface area contributed by atoms with Gasteiger partial charge >= 0.3 is 0 Å². The lowest BCUT2D eigenvalue weighted by Crippen LogP contribution is -2.28. The highest BCUT2D eigenvalue weighted by atomic mass is 14.6. The van der Waals surface area contributed by atoms with Crippen LogP contribution in [0.3, 0.4) is 0 Å². The van der Waals surface area contributed by atoms with Crippen molar-refractivity contribution in [2.24, 2.45) is 5.73 Å². The Morgan fingerprint density at radius 1 is 0.690 bits per heavy atom. The predicted molar refractivity (Wildman–Crippen MR) is 178 cm³/mol. The Kier molecular flexibility index (Phi) is 7.58. The molecular formula is C41H35N. The number of allylic oxidation sites excluding steroid dienone is 5. The molecule has 0 saturated heterocycles. The maximum atomic E-state index is 6.17. The van der Waals surface area contributed by atoms with E-state index in [1.165, 1.54) is 50.1 Å². The van der Waals surface area contributed by atoms with Gasteiger partial charge < -0.3 is 5.73 Å². The summed E-state index contributed by atoms with van der Waals surface area (Å²) < 4.78 is 0. The molecular weight excluding hydrogens is 506 g/mol. The van der Waals surface area contributed by atoms with E-state index in [1.807, 2.05) is 31.2 Å². The van der Waals surface area contributed by atoms with E-state index in [4.69, 9.17) is 5.73 Å². The van der Waals surface area contributed by atoms with Crippen molar-refractivity contribution in [3.63, 3.8) is 0 Å². The molecule has 42 heavy (non-hydrogen) atoms. The normalized spacial score (nSPS) is 13.8. The van der Waals surface area contributed by atoms with E-state index < -0.39 is 5.41 Å². The molecule has 1 aliphatic carbocycles. The molecule has 5 aromatic rings. The van der Waals surface area contributed by atoms with Crippen LogP contribution in [0.2, 0.25) is 0 Å². The number of fused-ring (bicyclic) bond motifs is 3.